The molecule has 27 heavy (non-hydrogen) atoms. The number of aliphatic carboxylic acids is 1. The Labute approximate surface area is 160 Å². The van der Waals surface area contributed by atoms with Crippen LogP contribution in [0, 0.1) is 5.41 Å². The van der Waals surface area contributed by atoms with E-state index in [4.69, 9.17) is 9.84 Å². The van der Waals surface area contributed by atoms with Crippen molar-refractivity contribution in [3.8, 4) is 5.75 Å². The monoisotopic (exact) mass is 366 g/mol. The van der Waals surface area contributed by atoms with Crippen molar-refractivity contribution < 1.29 is 19.4 Å². The van der Waals surface area contributed by atoms with Crippen LogP contribution in [-0.4, -0.2) is 17.0 Å². The molecule has 2 aromatic carbocycles. The molecule has 0 saturated heterocycles. The van der Waals surface area contributed by atoms with Gasteiger partial charge in [0.05, 0.1) is 12.0 Å². The van der Waals surface area contributed by atoms with Gasteiger partial charge >= 0.3 is 11.9 Å². The van der Waals surface area contributed by atoms with Crippen molar-refractivity contribution in [1.82, 2.24) is 0 Å². The number of fused-ring (bicyclic) bond motifs is 1. The fraction of sp³-hybridized carbons (Fsp3) is 0.391. The Morgan fingerprint density at radius 1 is 1.04 bits per heavy atom. The van der Waals surface area contributed by atoms with Gasteiger partial charge in [0.2, 0.25) is 0 Å². The van der Waals surface area contributed by atoms with Crippen LogP contribution < -0.4 is 4.74 Å². The van der Waals surface area contributed by atoms with E-state index in [0.717, 1.165) is 12.8 Å². The van der Waals surface area contributed by atoms with E-state index in [2.05, 4.69) is 27.7 Å². The lowest BCUT2D eigenvalue weighted by atomic mass is 9.62. The van der Waals surface area contributed by atoms with Gasteiger partial charge in [-0.2, -0.15) is 0 Å². The lowest BCUT2D eigenvalue weighted by Crippen LogP contribution is -2.35. The van der Waals surface area contributed by atoms with E-state index >= 15 is 0 Å². The standard InChI is InChI=1S/C23H26O4/c1-22(2)13-17-8-7-16(12-19(17)23(3,4)14-22)21(26)27-18-9-5-15(6-10-18)11-20(24)25/h5-10,12H,11,13-14H2,1-4H3,(H,24,25). The second-order valence-corrected chi connectivity index (χ2v) is 8.88. The largest absolute Gasteiger partial charge is 0.481 e. The average molecular weight is 366 g/mol. The van der Waals surface area contributed by atoms with Crippen molar-refractivity contribution in [2.45, 2.75) is 52.4 Å². The number of benzene rings is 2. The lowest BCUT2D eigenvalue weighted by molar-refractivity contribution is -0.136. The molecule has 0 heterocycles. The van der Waals surface area contributed by atoms with Crippen LogP contribution in [0.2, 0.25) is 0 Å². The van der Waals surface area contributed by atoms with Crippen LogP contribution in [0.3, 0.4) is 0 Å². The average Bonchev–Trinajstić information content (AvgIpc) is 2.54. The molecule has 2 aromatic rings. The predicted molar refractivity (Wildman–Crippen MR) is 104 cm³/mol. The van der Waals surface area contributed by atoms with Crippen LogP contribution in [0.4, 0.5) is 0 Å². The van der Waals surface area contributed by atoms with E-state index in [0.29, 0.717) is 16.9 Å². The molecule has 3 rings (SSSR count). The molecule has 0 atom stereocenters. The number of carbonyl (C=O) groups excluding carboxylic acids is 1. The van der Waals surface area contributed by atoms with Crippen LogP contribution in [0.5, 0.6) is 5.75 Å². The quantitative estimate of drug-likeness (QED) is 0.625. The maximum atomic E-state index is 12.6. The molecule has 1 aliphatic rings. The Bertz CT molecular complexity index is 876. The third-order valence-corrected chi connectivity index (χ3v) is 5.15. The van der Waals surface area contributed by atoms with Crippen LogP contribution in [0.1, 0.15) is 61.2 Å². The maximum absolute atomic E-state index is 12.6. The van der Waals surface area contributed by atoms with Gasteiger partial charge in [-0.1, -0.05) is 45.9 Å². The fourth-order valence-electron chi connectivity index (χ4n) is 4.37. The Morgan fingerprint density at radius 3 is 2.33 bits per heavy atom. The molecule has 0 amide bonds. The molecule has 1 N–H and O–H groups in total. The Kier molecular flexibility index (Phi) is 4.85. The summed E-state index contributed by atoms with van der Waals surface area (Å²) >= 11 is 0. The molecule has 1 aliphatic carbocycles. The van der Waals surface area contributed by atoms with Gasteiger partial charge in [-0.15, -0.1) is 0 Å². The molecule has 0 aromatic heterocycles. The summed E-state index contributed by atoms with van der Waals surface area (Å²) < 4.78 is 5.47. The van der Waals surface area contributed by atoms with Gasteiger partial charge in [-0.25, -0.2) is 4.79 Å². The first-order valence-corrected chi connectivity index (χ1v) is 9.22. The minimum Gasteiger partial charge on any atom is -0.481 e. The summed E-state index contributed by atoms with van der Waals surface area (Å²) in [6.07, 6.45) is 2.02. The van der Waals surface area contributed by atoms with Crippen molar-refractivity contribution in [2.75, 3.05) is 0 Å². The van der Waals surface area contributed by atoms with Crippen molar-refractivity contribution in [2.24, 2.45) is 5.41 Å². The highest BCUT2D eigenvalue weighted by atomic mass is 16.5. The summed E-state index contributed by atoms with van der Waals surface area (Å²) in [5, 5.41) is 8.82. The Balaban J connectivity index is 1.79. The molecule has 0 fully saturated rings. The molecule has 0 unspecified atom stereocenters. The molecule has 0 radical (unpaired) electrons. The molecule has 0 saturated carbocycles. The lowest BCUT2D eigenvalue weighted by Gasteiger charge is -2.42. The summed E-state index contributed by atoms with van der Waals surface area (Å²) in [6, 6.07) is 12.4. The number of carbonyl (C=O) groups is 2. The van der Waals surface area contributed by atoms with Gasteiger partial charge in [0, 0.05) is 0 Å². The molecule has 0 spiro atoms. The zero-order valence-electron chi connectivity index (χ0n) is 16.3. The zero-order chi connectivity index (χ0) is 19.8. The van der Waals surface area contributed by atoms with Crippen LogP contribution in [0.25, 0.3) is 0 Å². The molecule has 142 valence electrons. The van der Waals surface area contributed by atoms with Crippen molar-refractivity contribution >= 4 is 11.9 Å². The second-order valence-electron chi connectivity index (χ2n) is 8.88. The van der Waals surface area contributed by atoms with Gasteiger partial charge in [0.25, 0.3) is 0 Å². The first kappa shape index (κ1) is 19.2. The van der Waals surface area contributed by atoms with Crippen LogP contribution in [0.15, 0.2) is 42.5 Å². The molecular weight excluding hydrogens is 340 g/mol. The molecule has 4 nitrogen and oxygen atoms in total. The summed E-state index contributed by atoms with van der Waals surface area (Å²) in [5.74, 6) is -0.878. The number of hydrogen-bond donors (Lipinski definition) is 1. The Morgan fingerprint density at radius 2 is 1.70 bits per heavy atom. The highest BCUT2D eigenvalue weighted by Crippen LogP contribution is 2.45. The summed E-state index contributed by atoms with van der Waals surface area (Å²) in [5.41, 5.74) is 3.97. The number of esters is 1. The molecular formula is C23H26O4. The van der Waals surface area contributed by atoms with E-state index in [1.807, 2.05) is 18.2 Å². The van der Waals surface area contributed by atoms with E-state index in [9.17, 15) is 9.59 Å². The number of hydrogen-bond acceptors (Lipinski definition) is 3. The third-order valence-electron chi connectivity index (χ3n) is 5.15. The first-order valence-electron chi connectivity index (χ1n) is 9.22. The zero-order valence-corrected chi connectivity index (χ0v) is 16.3. The van der Waals surface area contributed by atoms with E-state index in [1.54, 1.807) is 24.3 Å². The summed E-state index contributed by atoms with van der Waals surface area (Å²) in [4.78, 5) is 23.3. The topological polar surface area (TPSA) is 63.6 Å². The molecule has 4 heteroatoms. The van der Waals surface area contributed by atoms with Crippen LogP contribution >= 0.6 is 0 Å². The van der Waals surface area contributed by atoms with Gasteiger partial charge in [-0.3, -0.25) is 4.79 Å². The maximum Gasteiger partial charge on any atom is 0.343 e. The SMILES string of the molecule is CC1(C)Cc2ccc(C(=O)Oc3ccc(CC(=O)O)cc3)cc2C(C)(C)C1. The van der Waals surface area contributed by atoms with Crippen LogP contribution in [-0.2, 0) is 23.1 Å². The molecule has 0 bridgehead atoms. The van der Waals surface area contributed by atoms with Gasteiger partial charge in [0.1, 0.15) is 5.75 Å². The number of ether oxygens (including phenoxy) is 1. The number of carboxylic acids is 1. The highest BCUT2D eigenvalue weighted by Gasteiger charge is 2.37. The Hall–Kier alpha value is -2.62. The smallest absolute Gasteiger partial charge is 0.343 e. The minimum absolute atomic E-state index is 0.00581. The van der Waals surface area contributed by atoms with Crippen molar-refractivity contribution in [3.63, 3.8) is 0 Å². The number of rotatable bonds is 4. The van der Waals surface area contributed by atoms with Crippen molar-refractivity contribution in [1.29, 1.82) is 0 Å². The van der Waals surface area contributed by atoms with Gasteiger partial charge in [0.15, 0.2) is 0 Å². The highest BCUT2D eigenvalue weighted by molar-refractivity contribution is 5.91. The number of carboxylic acid groups (broad SMARTS) is 1. The fourth-order valence-corrected chi connectivity index (χ4v) is 4.37. The first-order chi connectivity index (χ1) is 12.6. The van der Waals surface area contributed by atoms with E-state index in [1.165, 1.54) is 11.1 Å². The van der Waals surface area contributed by atoms with Gasteiger partial charge in [-0.05, 0) is 64.6 Å². The summed E-state index contributed by atoms with van der Waals surface area (Å²) in [7, 11) is 0. The van der Waals surface area contributed by atoms with E-state index in [-0.39, 0.29) is 17.3 Å². The second kappa shape index (κ2) is 6.84. The minimum atomic E-state index is -0.889. The van der Waals surface area contributed by atoms with E-state index < -0.39 is 11.9 Å². The normalized spacial score (nSPS) is 17.0. The molecule has 0 aliphatic heterocycles. The third kappa shape index (κ3) is 4.38. The summed E-state index contributed by atoms with van der Waals surface area (Å²) in [6.45, 7) is 9.02. The van der Waals surface area contributed by atoms with Gasteiger partial charge < -0.3 is 9.84 Å². The predicted octanol–water partition coefficient (Wildman–Crippen LogP) is 4.78. The van der Waals surface area contributed by atoms with Crippen molar-refractivity contribution in [3.05, 3.63) is 64.7 Å².